The van der Waals surface area contributed by atoms with Crippen molar-refractivity contribution in [3.05, 3.63) is 17.8 Å². The van der Waals surface area contributed by atoms with Gasteiger partial charge >= 0.3 is 0 Å². The van der Waals surface area contributed by atoms with Crippen LogP contribution < -0.4 is 10.1 Å². The minimum atomic E-state index is 0.489. The predicted molar refractivity (Wildman–Crippen MR) is 55.4 cm³/mol. The van der Waals surface area contributed by atoms with Crippen LogP contribution in [-0.2, 0) is 0 Å². The highest BCUT2D eigenvalue weighted by Gasteiger charge is 1.96. The quantitative estimate of drug-likeness (QED) is 0.716. The molecule has 1 rings (SSSR count). The molecule has 4 heteroatoms. The van der Waals surface area contributed by atoms with Crippen molar-refractivity contribution in [1.82, 2.24) is 15.5 Å². The first-order chi connectivity index (χ1) is 6.68. The van der Waals surface area contributed by atoms with Crippen molar-refractivity contribution in [2.75, 3.05) is 13.2 Å². The fourth-order valence-corrected chi connectivity index (χ4v) is 0.967. The first-order valence-corrected chi connectivity index (χ1v) is 4.85. The SMILES string of the molecule is Cc1ccc(OCCNC(C)C)nn1. The van der Waals surface area contributed by atoms with Gasteiger partial charge in [-0.05, 0) is 13.0 Å². The van der Waals surface area contributed by atoms with Gasteiger partial charge in [-0.15, -0.1) is 5.10 Å². The van der Waals surface area contributed by atoms with Gasteiger partial charge in [-0.25, -0.2) is 0 Å². The molecule has 0 unspecified atom stereocenters. The van der Waals surface area contributed by atoms with Crippen molar-refractivity contribution in [3.63, 3.8) is 0 Å². The van der Waals surface area contributed by atoms with E-state index in [1.165, 1.54) is 0 Å². The smallest absolute Gasteiger partial charge is 0.233 e. The molecule has 4 nitrogen and oxygen atoms in total. The zero-order valence-electron chi connectivity index (χ0n) is 8.95. The van der Waals surface area contributed by atoms with Crippen LogP contribution in [0.3, 0.4) is 0 Å². The van der Waals surface area contributed by atoms with Crippen molar-refractivity contribution in [2.45, 2.75) is 26.8 Å². The van der Waals surface area contributed by atoms with E-state index in [1.54, 1.807) is 0 Å². The van der Waals surface area contributed by atoms with Crippen LogP contribution in [0.15, 0.2) is 12.1 Å². The third-order valence-corrected chi connectivity index (χ3v) is 1.68. The van der Waals surface area contributed by atoms with Gasteiger partial charge in [0.2, 0.25) is 5.88 Å². The van der Waals surface area contributed by atoms with Crippen molar-refractivity contribution in [3.8, 4) is 5.88 Å². The van der Waals surface area contributed by atoms with Gasteiger partial charge in [0.15, 0.2) is 0 Å². The molecule has 0 saturated carbocycles. The van der Waals surface area contributed by atoms with E-state index in [9.17, 15) is 0 Å². The minimum absolute atomic E-state index is 0.489. The Kier molecular flexibility index (Phi) is 4.32. The van der Waals surface area contributed by atoms with Gasteiger partial charge in [-0.2, -0.15) is 5.10 Å². The minimum Gasteiger partial charge on any atom is -0.475 e. The van der Waals surface area contributed by atoms with Crippen LogP contribution in [0.4, 0.5) is 0 Å². The molecule has 0 saturated heterocycles. The van der Waals surface area contributed by atoms with E-state index in [1.807, 2.05) is 19.1 Å². The third-order valence-electron chi connectivity index (χ3n) is 1.68. The summed E-state index contributed by atoms with van der Waals surface area (Å²) in [5, 5.41) is 11.0. The summed E-state index contributed by atoms with van der Waals surface area (Å²) in [6.07, 6.45) is 0. The van der Waals surface area contributed by atoms with E-state index in [4.69, 9.17) is 4.74 Å². The van der Waals surface area contributed by atoms with E-state index in [2.05, 4.69) is 29.4 Å². The van der Waals surface area contributed by atoms with E-state index < -0.39 is 0 Å². The number of nitrogens with one attached hydrogen (secondary N) is 1. The number of rotatable bonds is 5. The highest BCUT2D eigenvalue weighted by molar-refractivity contribution is 5.10. The number of hydrogen-bond acceptors (Lipinski definition) is 4. The Bertz CT molecular complexity index is 259. The lowest BCUT2D eigenvalue weighted by atomic mass is 10.4. The van der Waals surface area contributed by atoms with Gasteiger partial charge in [0, 0.05) is 18.7 Å². The molecule has 0 amide bonds. The lowest BCUT2D eigenvalue weighted by molar-refractivity contribution is 0.294. The van der Waals surface area contributed by atoms with Crippen LogP contribution >= 0.6 is 0 Å². The lowest BCUT2D eigenvalue weighted by Crippen LogP contribution is -2.27. The number of ether oxygens (including phenoxy) is 1. The largest absolute Gasteiger partial charge is 0.475 e. The molecule has 0 atom stereocenters. The maximum absolute atomic E-state index is 5.38. The number of hydrogen-bond donors (Lipinski definition) is 1. The fraction of sp³-hybridized carbons (Fsp3) is 0.600. The predicted octanol–water partition coefficient (Wildman–Crippen LogP) is 1.16. The number of nitrogens with zero attached hydrogens (tertiary/aromatic N) is 2. The Morgan fingerprint density at radius 3 is 2.71 bits per heavy atom. The van der Waals surface area contributed by atoms with Crippen LogP contribution in [0.25, 0.3) is 0 Å². The van der Waals surface area contributed by atoms with Crippen molar-refractivity contribution in [2.24, 2.45) is 0 Å². The van der Waals surface area contributed by atoms with Crippen molar-refractivity contribution < 1.29 is 4.74 Å². The highest BCUT2D eigenvalue weighted by atomic mass is 16.5. The molecule has 0 aliphatic heterocycles. The van der Waals surface area contributed by atoms with Crippen LogP contribution in [0.2, 0.25) is 0 Å². The van der Waals surface area contributed by atoms with E-state index in [0.29, 0.717) is 18.5 Å². The maximum Gasteiger partial charge on any atom is 0.233 e. The Labute approximate surface area is 84.7 Å². The molecule has 14 heavy (non-hydrogen) atoms. The van der Waals surface area contributed by atoms with E-state index >= 15 is 0 Å². The molecule has 0 radical (unpaired) electrons. The zero-order chi connectivity index (χ0) is 10.4. The number of aryl methyl sites for hydroxylation is 1. The third kappa shape index (κ3) is 4.18. The first kappa shape index (κ1) is 10.9. The summed E-state index contributed by atoms with van der Waals surface area (Å²) in [5.41, 5.74) is 0.901. The summed E-state index contributed by atoms with van der Waals surface area (Å²) in [6, 6.07) is 4.21. The molecule has 0 aliphatic carbocycles. The maximum atomic E-state index is 5.38. The molecule has 1 aromatic rings. The normalized spacial score (nSPS) is 10.6. The lowest BCUT2D eigenvalue weighted by Gasteiger charge is -2.08. The zero-order valence-corrected chi connectivity index (χ0v) is 8.95. The molecule has 78 valence electrons. The summed E-state index contributed by atoms with van der Waals surface area (Å²) >= 11 is 0. The Hall–Kier alpha value is -1.16. The van der Waals surface area contributed by atoms with Gasteiger partial charge in [0.05, 0.1) is 5.69 Å². The van der Waals surface area contributed by atoms with Crippen molar-refractivity contribution in [1.29, 1.82) is 0 Å². The second-order valence-corrected chi connectivity index (χ2v) is 3.47. The van der Waals surface area contributed by atoms with Gasteiger partial charge in [-0.3, -0.25) is 0 Å². The summed E-state index contributed by atoms with van der Waals surface area (Å²) in [6.45, 7) is 7.55. The Balaban J connectivity index is 2.21. The molecular weight excluding hydrogens is 178 g/mol. The molecule has 1 aromatic heterocycles. The van der Waals surface area contributed by atoms with Gasteiger partial charge in [0.1, 0.15) is 6.61 Å². The summed E-state index contributed by atoms with van der Waals surface area (Å²) in [7, 11) is 0. The van der Waals surface area contributed by atoms with Crippen LogP contribution in [0.5, 0.6) is 5.88 Å². The van der Waals surface area contributed by atoms with E-state index in [0.717, 1.165) is 12.2 Å². The molecule has 0 bridgehead atoms. The topological polar surface area (TPSA) is 47.0 Å². The molecular formula is C10H17N3O. The van der Waals surface area contributed by atoms with Crippen LogP contribution in [-0.4, -0.2) is 29.4 Å². The standard InChI is InChI=1S/C10H17N3O/c1-8(2)11-6-7-14-10-5-4-9(3)12-13-10/h4-5,8,11H,6-7H2,1-3H3. The second-order valence-electron chi connectivity index (χ2n) is 3.47. The monoisotopic (exact) mass is 195 g/mol. The van der Waals surface area contributed by atoms with Gasteiger partial charge < -0.3 is 10.1 Å². The Morgan fingerprint density at radius 1 is 1.36 bits per heavy atom. The summed E-state index contributed by atoms with van der Waals surface area (Å²) in [5.74, 6) is 0.584. The fourth-order valence-electron chi connectivity index (χ4n) is 0.967. The molecule has 0 aliphatic rings. The van der Waals surface area contributed by atoms with Crippen LogP contribution in [0, 0.1) is 6.92 Å². The summed E-state index contributed by atoms with van der Waals surface area (Å²) < 4.78 is 5.38. The Morgan fingerprint density at radius 2 is 2.14 bits per heavy atom. The highest BCUT2D eigenvalue weighted by Crippen LogP contribution is 2.02. The van der Waals surface area contributed by atoms with E-state index in [-0.39, 0.29) is 0 Å². The molecule has 0 aromatic carbocycles. The molecule has 0 spiro atoms. The van der Waals surface area contributed by atoms with Crippen molar-refractivity contribution >= 4 is 0 Å². The molecule has 0 fully saturated rings. The molecule has 1 N–H and O–H groups in total. The average Bonchev–Trinajstić information content (AvgIpc) is 2.15. The summed E-state index contributed by atoms with van der Waals surface area (Å²) in [4.78, 5) is 0. The second kappa shape index (κ2) is 5.54. The average molecular weight is 195 g/mol. The van der Waals surface area contributed by atoms with Gasteiger partial charge in [-0.1, -0.05) is 13.8 Å². The molecule has 1 heterocycles. The van der Waals surface area contributed by atoms with Crippen LogP contribution in [0.1, 0.15) is 19.5 Å². The number of aromatic nitrogens is 2. The van der Waals surface area contributed by atoms with Gasteiger partial charge in [0.25, 0.3) is 0 Å². The first-order valence-electron chi connectivity index (χ1n) is 4.85.